The number of aliphatic hydroxyl groups is 1. The summed E-state index contributed by atoms with van der Waals surface area (Å²) >= 11 is 3.34. The van der Waals surface area contributed by atoms with Crippen LogP contribution in [0.4, 0.5) is 0 Å². The maximum absolute atomic E-state index is 13.1. The summed E-state index contributed by atoms with van der Waals surface area (Å²) in [6, 6.07) is 6.44. The number of aliphatic hydroxyl groups excluding tert-OH is 1. The van der Waals surface area contributed by atoms with Gasteiger partial charge >= 0.3 is 0 Å². The van der Waals surface area contributed by atoms with Crippen molar-refractivity contribution >= 4 is 21.8 Å². The third-order valence-corrected chi connectivity index (χ3v) is 6.10. The van der Waals surface area contributed by atoms with Crippen LogP contribution < -0.4 is 4.74 Å². The number of amides is 1. The van der Waals surface area contributed by atoms with Gasteiger partial charge in [-0.05, 0) is 64.7 Å². The van der Waals surface area contributed by atoms with Crippen molar-refractivity contribution in [3.63, 3.8) is 0 Å². The van der Waals surface area contributed by atoms with Crippen molar-refractivity contribution in [3.05, 3.63) is 56.7 Å². The van der Waals surface area contributed by atoms with Crippen LogP contribution >= 0.6 is 15.9 Å². The quantitative estimate of drug-likeness (QED) is 0.437. The van der Waals surface area contributed by atoms with E-state index >= 15 is 0 Å². The molecule has 1 aliphatic heterocycles. The van der Waals surface area contributed by atoms with Crippen LogP contribution in [0.2, 0.25) is 0 Å². The van der Waals surface area contributed by atoms with Gasteiger partial charge < -0.3 is 25.0 Å². The molecule has 4 rings (SSSR count). The number of phenols is 2. The summed E-state index contributed by atoms with van der Waals surface area (Å²) in [6.45, 7) is 3.61. The number of carbonyl (C=O) groups excluding carboxylic acids is 1. The molecule has 1 aliphatic rings. The van der Waals surface area contributed by atoms with Crippen LogP contribution in [0.1, 0.15) is 38.8 Å². The maximum Gasteiger partial charge on any atom is 0.273 e. The number of ether oxygens (including phenoxy) is 1. The summed E-state index contributed by atoms with van der Waals surface area (Å²) in [7, 11) is 1.44. The number of benzene rings is 2. The molecule has 0 spiro atoms. The lowest BCUT2D eigenvalue weighted by atomic mass is 9.94. The second-order valence-corrected chi connectivity index (χ2v) is 8.37. The number of methoxy groups -OCH3 is 1. The van der Waals surface area contributed by atoms with Crippen LogP contribution in [0.3, 0.4) is 0 Å². The van der Waals surface area contributed by atoms with E-state index in [2.05, 4.69) is 26.1 Å². The first-order valence-electron chi connectivity index (χ1n) is 9.65. The van der Waals surface area contributed by atoms with Crippen molar-refractivity contribution in [2.45, 2.75) is 19.9 Å². The molecule has 2 aromatic carbocycles. The Morgan fingerprint density at radius 3 is 2.61 bits per heavy atom. The van der Waals surface area contributed by atoms with Gasteiger partial charge in [0, 0.05) is 17.7 Å². The minimum atomic E-state index is -0.602. The Balaban J connectivity index is 1.97. The number of aromatic amines is 1. The Morgan fingerprint density at radius 2 is 1.94 bits per heavy atom. The fraction of sp³-hybridized carbons (Fsp3) is 0.273. The van der Waals surface area contributed by atoms with Crippen molar-refractivity contribution in [1.29, 1.82) is 0 Å². The summed E-state index contributed by atoms with van der Waals surface area (Å²) in [5.74, 6) is -0.0200. The van der Waals surface area contributed by atoms with E-state index < -0.39 is 6.04 Å². The average molecular weight is 488 g/mol. The SMILES string of the molecule is COc1cc(C2c3c(-c4cc(C)cc(C)c4O)n[nH]c3C(=O)N2CCO)cc(Br)c1O. The molecule has 162 valence electrons. The molecule has 9 heteroatoms. The summed E-state index contributed by atoms with van der Waals surface area (Å²) < 4.78 is 5.70. The molecule has 0 aliphatic carbocycles. The topological polar surface area (TPSA) is 119 Å². The largest absolute Gasteiger partial charge is 0.507 e. The number of H-pyrrole nitrogens is 1. The Morgan fingerprint density at radius 1 is 1.19 bits per heavy atom. The van der Waals surface area contributed by atoms with Gasteiger partial charge in [0.05, 0.1) is 24.2 Å². The Hall–Kier alpha value is -3.04. The van der Waals surface area contributed by atoms with Gasteiger partial charge in [-0.3, -0.25) is 9.89 Å². The molecule has 8 nitrogen and oxygen atoms in total. The molecule has 1 amide bonds. The number of fused-ring (bicyclic) bond motifs is 1. The number of nitrogens with one attached hydrogen (secondary N) is 1. The molecule has 2 heterocycles. The van der Waals surface area contributed by atoms with Gasteiger partial charge in [-0.25, -0.2) is 0 Å². The molecule has 0 radical (unpaired) electrons. The van der Waals surface area contributed by atoms with E-state index in [9.17, 15) is 20.1 Å². The summed E-state index contributed by atoms with van der Waals surface area (Å²) in [5.41, 5.74) is 4.19. The Labute approximate surface area is 187 Å². The molecular formula is C22H22BrN3O5. The highest BCUT2D eigenvalue weighted by Crippen LogP contribution is 2.47. The first kappa shape index (κ1) is 21.2. The number of carbonyl (C=O) groups is 1. The number of hydrogen-bond donors (Lipinski definition) is 4. The van der Waals surface area contributed by atoms with Crippen molar-refractivity contribution in [2.75, 3.05) is 20.3 Å². The van der Waals surface area contributed by atoms with Gasteiger partial charge in [0.1, 0.15) is 17.1 Å². The summed E-state index contributed by atoms with van der Waals surface area (Å²) in [6.07, 6.45) is 0. The molecule has 0 bridgehead atoms. The third-order valence-electron chi connectivity index (χ3n) is 5.49. The average Bonchev–Trinajstić information content (AvgIpc) is 3.27. The van der Waals surface area contributed by atoms with Crippen LogP contribution in [0.15, 0.2) is 28.7 Å². The second kappa shape index (κ2) is 7.90. The highest BCUT2D eigenvalue weighted by Gasteiger charge is 2.42. The smallest absolute Gasteiger partial charge is 0.273 e. The number of hydrogen-bond acceptors (Lipinski definition) is 6. The zero-order chi connectivity index (χ0) is 22.4. The van der Waals surface area contributed by atoms with Gasteiger partial charge in [-0.1, -0.05) is 6.07 Å². The normalized spacial score (nSPS) is 15.5. The Kier molecular flexibility index (Phi) is 5.40. The molecule has 3 aromatic rings. The third kappa shape index (κ3) is 3.34. The van der Waals surface area contributed by atoms with Crippen LogP contribution in [-0.2, 0) is 0 Å². The fourth-order valence-electron chi connectivity index (χ4n) is 4.13. The number of rotatable bonds is 5. The van der Waals surface area contributed by atoms with Crippen LogP contribution in [-0.4, -0.2) is 56.6 Å². The lowest BCUT2D eigenvalue weighted by Gasteiger charge is -2.26. The van der Waals surface area contributed by atoms with Gasteiger partial charge in [0.2, 0.25) is 0 Å². The molecule has 0 saturated heterocycles. The fourth-order valence-corrected chi connectivity index (χ4v) is 4.59. The molecule has 1 unspecified atom stereocenters. The number of phenolic OH excluding ortho intramolecular Hbond substituents is 2. The zero-order valence-corrected chi connectivity index (χ0v) is 18.8. The van der Waals surface area contributed by atoms with Crippen molar-refractivity contribution < 1.29 is 24.9 Å². The second-order valence-electron chi connectivity index (χ2n) is 7.52. The molecule has 1 atom stereocenters. The van der Waals surface area contributed by atoms with E-state index in [1.165, 1.54) is 12.0 Å². The van der Waals surface area contributed by atoms with Crippen molar-refractivity contribution in [1.82, 2.24) is 15.1 Å². The predicted octanol–water partition coefficient (Wildman–Crippen LogP) is 3.41. The van der Waals surface area contributed by atoms with E-state index in [1.54, 1.807) is 19.1 Å². The van der Waals surface area contributed by atoms with Crippen molar-refractivity contribution in [3.8, 4) is 28.5 Å². The van der Waals surface area contributed by atoms with Gasteiger partial charge in [-0.2, -0.15) is 5.10 Å². The number of β-amino-alcohol motifs (C(OH)–C–C–N with tert-alkyl or cyclic N) is 1. The molecule has 0 saturated carbocycles. The van der Waals surface area contributed by atoms with E-state index in [-0.39, 0.29) is 36.3 Å². The Bertz CT molecular complexity index is 1190. The predicted molar refractivity (Wildman–Crippen MR) is 117 cm³/mol. The summed E-state index contributed by atoms with van der Waals surface area (Å²) in [5, 5.41) is 37.7. The first-order valence-corrected chi connectivity index (χ1v) is 10.4. The maximum atomic E-state index is 13.1. The molecule has 4 N–H and O–H groups in total. The number of nitrogens with zero attached hydrogens (tertiary/aromatic N) is 2. The number of aromatic nitrogens is 2. The zero-order valence-electron chi connectivity index (χ0n) is 17.2. The van der Waals surface area contributed by atoms with Gasteiger partial charge in [0.15, 0.2) is 11.5 Å². The number of halogens is 1. The molecular weight excluding hydrogens is 466 g/mol. The van der Waals surface area contributed by atoms with Gasteiger partial charge in [-0.15, -0.1) is 0 Å². The number of aromatic hydroxyl groups is 2. The van der Waals surface area contributed by atoms with E-state index in [4.69, 9.17) is 4.74 Å². The molecule has 0 fully saturated rings. The highest BCUT2D eigenvalue weighted by molar-refractivity contribution is 9.10. The first-order chi connectivity index (χ1) is 14.8. The standard InChI is InChI=1S/C22H22BrN3O5/c1-10-6-11(2)20(28)13(7-10)17-16-18(25-24-17)22(30)26(4-5-27)19(16)12-8-14(23)21(29)15(9-12)31-3/h6-9,19,27-29H,4-5H2,1-3H3,(H,24,25). The lowest BCUT2D eigenvalue weighted by Crippen LogP contribution is -2.32. The monoisotopic (exact) mass is 487 g/mol. The van der Waals surface area contributed by atoms with E-state index in [1.807, 2.05) is 19.1 Å². The van der Waals surface area contributed by atoms with Crippen LogP contribution in [0.5, 0.6) is 17.2 Å². The van der Waals surface area contributed by atoms with Crippen LogP contribution in [0.25, 0.3) is 11.3 Å². The minimum absolute atomic E-state index is 0.0520. The van der Waals surface area contributed by atoms with E-state index in [0.717, 1.165) is 5.56 Å². The number of aryl methyl sites for hydroxylation is 2. The summed E-state index contributed by atoms with van der Waals surface area (Å²) in [4.78, 5) is 14.7. The van der Waals surface area contributed by atoms with Crippen molar-refractivity contribution in [2.24, 2.45) is 0 Å². The minimum Gasteiger partial charge on any atom is -0.507 e. The van der Waals surface area contributed by atoms with Gasteiger partial charge in [0.25, 0.3) is 5.91 Å². The van der Waals surface area contributed by atoms with E-state index in [0.29, 0.717) is 38.1 Å². The van der Waals surface area contributed by atoms with Crippen LogP contribution in [0, 0.1) is 13.8 Å². The molecule has 1 aromatic heterocycles. The highest BCUT2D eigenvalue weighted by atomic mass is 79.9. The lowest BCUT2D eigenvalue weighted by molar-refractivity contribution is 0.0706. The molecule has 31 heavy (non-hydrogen) atoms.